The zero-order chi connectivity index (χ0) is 19.4. The number of nitrogens with one attached hydrogen (secondary N) is 2. The summed E-state index contributed by atoms with van der Waals surface area (Å²) in [6, 6.07) is 16.2. The van der Waals surface area contributed by atoms with Gasteiger partial charge in [-0.25, -0.2) is 0 Å². The van der Waals surface area contributed by atoms with Gasteiger partial charge in [-0.2, -0.15) is 5.10 Å². The van der Waals surface area contributed by atoms with Crippen molar-refractivity contribution in [3.05, 3.63) is 70.9 Å². The topological polar surface area (TPSA) is 57.8 Å². The van der Waals surface area contributed by atoms with Crippen molar-refractivity contribution in [1.82, 2.24) is 10.2 Å². The lowest BCUT2D eigenvalue weighted by molar-refractivity contribution is -0.117. The number of amides is 1. The second-order valence-corrected chi connectivity index (χ2v) is 6.96. The van der Waals surface area contributed by atoms with Crippen molar-refractivity contribution in [2.45, 2.75) is 46.5 Å². The quantitative estimate of drug-likeness (QED) is 0.618. The van der Waals surface area contributed by atoms with Gasteiger partial charge in [-0.15, -0.1) is 0 Å². The van der Waals surface area contributed by atoms with E-state index in [2.05, 4.69) is 54.5 Å². The maximum absolute atomic E-state index is 13.1. The zero-order valence-electron chi connectivity index (χ0n) is 16.5. The van der Waals surface area contributed by atoms with E-state index in [1.54, 1.807) is 0 Å². The SMILES string of the molecule is CCc1[nH]nc(-c2ccc(C)cc2C)c1NC(=O)[C@@H](CC)c1ccccc1. The number of aromatic amines is 1. The summed E-state index contributed by atoms with van der Waals surface area (Å²) >= 11 is 0. The molecule has 1 atom stereocenters. The van der Waals surface area contributed by atoms with Crippen LogP contribution in [0.2, 0.25) is 0 Å². The van der Waals surface area contributed by atoms with Gasteiger partial charge in [0.15, 0.2) is 0 Å². The minimum Gasteiger partial charge on any atom is -0.322 e. The van der Waals surface area contributed by atoms with Crippen molar-refractivity contribution in [3.63, 3.8) is 0 Å². The Labute approximate surface area is 161 Å². The van der Waals surface area contributed by atoms with E-state index in [1.807, 2.05) is 37.3 Å². The fraction of sp³-hybridized carbons (Fsp3) is 0.304. The Morgan fingerprint density at radius 3 is 2.48 bits per heavy atom. The van der Waals surface area contributed by atoms with Crippen LogP contribution in [0.15, 0.2) is 48.5 Å². The normalized spacial score (nSPS) is 12.0. The molecule has 3 rings (SSSR count). The first-order chi connectivity index (χ1) is 13.0. The lowest BCUT2D eigenvalue weighted by Gasteiger charge is -2.16. The van der Waals surface area contributed by atoms with Gasteiger partial charge < -0.3 is 5.32 Å². The number of benzene rings is 2. The summed E-state index contributed by atoms with van der Waals surface area (Å²) in [5.74, 6) is -0.177. The molecule has 0 saturated heterocycles. The lowest BCUT2D eigenvalue weighted by Crippen LogP contribution is -2.21. The molecule has 27 heavy (non-hydrogen) atoms. The van der Waals surface area contributed by atoms with Crippen molar-refractivity contribution in [3.8, 4) is 11.3 Å². The van der Waals surface area contributed by atoms with E-state index in [0.717, 1.165) is 46.6 Å². The van der Waals surface area contributed by atoms with Gasteiger partial charge in [0.05, 0.1) is 17.3 Å². The summed E-state index contributed by atoms with van der Waals surface area (Å²) < 4.78 is 0. The van der Waals surface area contributed by atoms with Crippen LogP contribution in [-0.2, 0) is 11.2 Å². The molecule has 1 amide bonds. The molecule has 0 aliphatic heterocycles. The van der Waals surface area contributed by atoms with E-state index in [4.69, 9.17) is 0 Å². The predicted octanol–water partition coefficient (Wildman–Crippen LogP) is 5.39. The van der Waals surface area contributed by atoms with Crippen LogP contribution in [0, 0.1) is 13.8 Å². The summed E-state index contributed by atoms with van der Waals surface area (Å²) in [7, 11) is 0. The number of aromatic nitrogens is 2. The number of H-pyrrole nitrogens is 1. The summed E-state index contributed by atoms with van der Waals surface area (Å²) in [4.78, 5) is 13.1. The molecular formula is C23H27N3O. The first-order valence-corrected chi connectivity index (χ1v) is 9.55. The van der Waals surface area contributed by atoms with Gasteiger partial charge in [-0.05, 0) is 37.8 Å². The maximum Gasteiger partial charge on any atom is 0.232 e. The van der Waals surface area contributed by atoms with Crippen LogP contribution in [0.25, 0.3) is 11.3 Å². The van der Waals surface area contributed by atoms with E-state index in [0.29, 0.717) is 0 Å². The number of aryl methyl sites for hydroxylation is 3. The molecule has 2 aromatic carbocycles. The van der Waals surface area contributed by atoms with Gasteiger partial charge >= 0.3 is 0 Å². The minimum atomic E-state index is -0.183. The van der Waals surface area contributed by atoms with E-state index < -0.39 is 0 Å². The molecule has 2 N–H and O–H groups in total. The van der Waals surface area contributed by atoms with Crippen LogP contribution in [0.1, 0.15) is 48.6 Å². The molecule has 1 aromatic heterocycles. The molecule has 140 valence electrons. The number of carbonyl (C=O) groups excluding carboxylic acids is 1. The molecule has 0 aliphatic rings. The molecular weight excluding hydrogens is 334 g/mol. The van der Waals surface area contributed by atoms with Crippen LogP contribution < -0.4 is 5.32 Å². The van der Waals surface area contributed by atoms with Gasteiger partial charge in [-0.3, -0.25) is 9.89 Å². The fourth-order valence-electron chi connectivity index (χ4n) is 3.51. The van der Waals surface area contributed by atoms with Crippen LogP contribution >= 0.6 is 0 Å². The Bertz CT molecular complexity index is 928. The number of carbonyl (C=O) groups is 1. The largest absolute Gasteiger partial charge is 0.322 e. The maximum atomic E-state index is 13.1. The smallest absolute Gasteiger partial charge is 0.232 e. The average Bonchev–Trinajstić information content (AvgIpc) is 3.05. The predicted molar refractivity (Wildman–Crippen MR) is 111 cm³/mol. The van der Waals surface area contributed by atoms with Gasteiger partial charge in [0.1, 0.15) is 5.69 Å². The third-order valence-corrected chi connectivity index (χ3v) is 5.01. The van der Waals surface area contributed by atoms with E-state index in [-0.39, 0.29) is 11.8 Å². The summed E-state index contributed by atoms with van der Waals surface area (Å²) in [6.45, 7) is 8.25. The molecule has 0 saturated carbocycles. The third-order valence-electron chi connectivity index (χ3n) is 5.01. The van der Waals surface area contributed by atoms with Crippen molar-refractivity contribution in [1.29, 1.82) is 0 Å². The Morgan fingerprint density at radius 2 is 1.85 bits per heavy atom. The summed E-state index contributed by atoms with van der Waals surface area (Å²) in [5, 5.41) is 10.8. The lowest BCUT2D eigenvalue weighted by atomic mass is 9.95. The highest BCUT2D eigenvalue weighted by molar-refractivity contribution is 5.99. The third kappa shape index (κ3) is 3.95. The highest BCUT2D eigenvalue weighted by Gasteiger charge is 2.23. The Morgan fingerprint density at radius 1 is 1.11 bits per heavy atom. The number of hydrogen-bond donors (Lipinski definition) is 2. The molecule has 0 spiro atoms. The zero-order valence-corrected chi connectivity index (χ0v) is 16.5. The van der Waals surface area contributed by atoms with Crippen molar-refractivity contribution in [2.75, 3.05) is 5.32 Å². The van der Waals surface area contributed by atoms with Crippen LogP contribution in [-0.4, -0.2) is 16.1 Å². The minimum absolute atomic E-state index is 0.00538. The standard InChI is InChI=1S/C23H27N3O/c1-5-18(17-10-8-7-9-11-17)23(27)24-22-20(6-2)25-26-21(22)19-13-12-15(3)14-16(19)4/h7-14,18H,5-6H2,1-4H3,(H,24,27)(H,25,26)/t18-/m0/s1. The van der Waals surface area contributed by atoms with Gasteiger partial charge in [-0.1, -0.05) is 67.9 Å². The highest BCUT2D eigenvalue weighted by Crippen LogP contribution is 2.33. The summed E-state index contributed by atoms with van der Waals surface area (Å²) in [5.41, 5.74) is 6.98. The van der Waals surface area contributed by atoms with E-state index in [9.17, 15) is 4.79 Å². The number of rotatable bonds is 6. The van der Waals surface area contributed by atoms with Crippen molar-refractivity contribution < 1.29 is 4.79 Å². The monoisotopic (exact) mass is 361 g/mol. The molecule has 3 aromatic rings. The Hall–Kier alpha value is -2.88. The second-order valence-electron chi connectivity index (χ2n) is 6.96. The van der Waals surface area contributed by atoms with Crippen LogP contribution in [0.5, 0.6) is 0 Å². The molecule has 1 heterocycles. The highest BCUT2D eigenvalue weighted by atomic mass is 16.1. The molecule has 0 unspecified atom stereocenters. The van der Waals surface area contributed by atoms with Crippen molar-refractivity contribution in [2.24, 2.45) is 0 Å². The Kier molecular flexibility index (Phi) is 5.75. The van der Waals surface area contributed by atoms with Crippen molar-refractivity contribution >= 4 is 11.6 Å². The molecule has 4 nitrogen and oxygen atoms in total. The van der Waals surface area contributed by atoms with Gasteiger partial charge in [0.2, 0.25) is 5.91 Å². The number of anilines is 1. The van der Waals surface area contributed by atoms with Gasteiger partial charge in [0, 0.05) is 5.56 Å². The molecule has 4 heteroatoms. The molecule has 0 radical (unpaired) electrons. The molecule has 0 fully saturated rings. The first kappa shape index (κ1) is 18.9. The van der Waals surface area contributed by atoms with Gasteiger partial charge in [0.25, 0.3) is 0 Å². The average molecular weight is 361 g/mol. The number of hydrogen-bond acceptors (Lipinski definition) is 2. The Balaban J connectivity index is 1.96. The summed E-state index contributed by atoms with van der Waals surface area (Å²) in [6.07, 6.45) is 1.52. The second kappa shape index (κ2) is 8.21. The van der Waals surface area contributed by atoms with E-state index >= 15 is 0 Å². The molecule has 0 bridgehead atoms. The van der Waals surface area contributed by atoms with Crippen LogP contribution in [0.4, 0.5) is 5.69 Å². The van der Waals surface area contributed by atoms with E-state index in [1.165, 1.54) is 5.56 Å². The first-order valence-electron chi connectivity index (χ1n) is 9.55. The molecule has 0 aliphatic carbocycles. The number of nitrogens with zero attached hydrogens (tertiary/aromatic N) is 1. The fourth-order valence-corrected chi connectivity index (χ4v) is 3.51. The van der Waals surface area contributed by atoms with Crippen LogP contribution in [0.3, 0.4) is 0 Å².